The number of hydrogen-bond donors (Lipinski definition) is 0. The van der Waals surface area contributed by atoms with E-state index in [-0.39, 0.29) is 11.2 Å². The Kier molecular flexibility index (Phi) is 4.93. The molecule has 0 N–H and O–H groups in total. The summed E-state index contributed by atoms with van der Waals surface area (Å²) in [6.07, 6.45) is 3.90. The Morgan fingerprint density at radius 1 is 1.52 bits per heavy atom. The van der Waals surface area contributed by atoms with Crippen molar-refractivity contribution in [1.82, 2.24) is 0 Å². The molecule has 2 aromatic rings. The Bertz CT molecular complexity index is 712. The Morgan fingerprint density at radius 3 is 3.05 bits per heavy atom. The van der Waals surface area contributed by atoms with Crippen LogP contribution in [0.25, 0.3) is 11.0 Å². The number of unbranched alkanes of at least 4 members (excludes halogenated alkanes) is 1. The molecule has 0 fully saturated rings. The van der Waals surface area contributed by atoms with Crippen LogP contribution >= 0.6 is 0 Å². The number of ether oxygens (including phenoxy) is 1. The van der Waals surface area contributed by atoms with Crippen LogP contribution in [0.4, 0.5) is 0 Å². The van der Waals surface area contributed by atoms with Crippen molar-refractivity contribution < 1.29 is 13.9 Å². The molecule has 1 heterocycles. The Hall–Kier alpha value is -2.36. The summed E-state index contributed by atoms with van der Waals surface area (Å²) >= 11 is 0. The zero-order valence-electron chi connectivity index (χ0n) is 12.0. The van der Waals surface area contributed by atoms with E-state index in [1.54, 1.807) is 18.2 Å². The molecule has 0 atom stereocenters. The van der Waals surface area contributed by atoms with Gasteiger partial charge in [-0.2, -0.15) is 0 Å². The van der Waals surface area contributed by atoms with Crippen molar-refractivity contribution in [3.05, 3.63) is 58.5 Å². The normalized spacial score (nSPS) is 10.5. The van der Waals surface area contributed by atoms with Gasteiger partial charge in [0.25, 0.3) is 0 Å². The summed E-state index contributed by atoms with van der Waals surface area (Å²) in [5.74, 6) is -0.690. The molecule has 1 aromatic carbocycles. The topological polar surface area (TPSA) is 56.5 Å². The third kappa shape index (κ3) is 3.40. The lowest BCUT2D eigenvalue weighted by Gasteiger charge is -2.06. The summed E-state index contributed by atoms with van der Waals surface area (Å²) in [4.78, 5) is 24.0. The summed E-state index contributed by atoms with van der Waals surface area (Å²) in [5.41, 5.74) is 0.799. The van der Waals surface area contributed by atoms with Crippen LogP contribution in [0.1, 0.15) is 35.9 Å². The molecule has 109 valence electrons. The van der Waals surface area contributed by atoms with E-state index in [2.05, 4.69) is 12.6 Å². The Morgan fingerprint density at radius 2 is 2.33 bits per heavy atom. The second-order valence-corrected chi connectivity index (χ2v) is 4.66. The maximum absolute atomic E-state index is 12.1. The number of fused-ring (bicyclic) bond motifs is 1. The van der Waals surface area contributed by atoms with Crippen molar-refractivity contribution >= 4 is 16.9 Å². The van der Waals surface area contributed by atoms with E-state index in [1.165, 1.54) is 6.07 Å². The van der Waals surface area contributed by atoms with Crippen LogP contribution in [0.2, 0.25) is 0 Å². The minimum absolute atomic E-state index is 0.0754. The molecule has 1 radical (unpaired) electrons. The molecule has 1 aromatic heterocycles. The monoisotopic (exact) mass is 285 g/mol. The molecule has 2 rings (SSSR count). The van der Waals surface area contributed by atoms with Gasteiger partial charge >= 0.3 is 5.97 Å². The lowest BCUT2D eigenvalue weighted by molar-refractivity contribution is 0.0464. The molecule has 4 nitrogen and oxygen atoms in total. The zero-order chi connectivity index (χ0) is 15.2. The van der Waals surface area contributed by atoms with Gasteiger partial charge in [0, 0.05) is 11.6 Å². The van der Waals surface area contributed by atoms with Gasteiger partial charge in [0.2, 0.25) is 5.76 Å². The van der Waals surface area contributed by atoms with Crippen molar-refractivity contribution in [2.45, 2.75) is 26.2 Å². The summed E-state index contributed by atoms with van der Waals surface area (Å²) < 4.78 is 10.6. The summed E-state index contributed by atoms with van der Waals surface area (Å²) in [6.45, 7) is 5.98. The molecular weight excluding hydrogens is 268 g/mol. The number of benzene rings is 1. The van der Waals surface area contributed by atoms with Crippen LogP contribution in [0.15, 0.2) is 40.1 Å². The third-order valence-electron chi connectivity index (χ3n) is 3.05. The van der Waals surface area contributed by atoms with Gasteiger partial charge < -0.3 is 9.15 Å². The van der Waals surface area contributed by atoms with Gasteiger partial charge in [-0.1, -0.05) is 25.5 Å². The lowest BCUT2D eigenvalue weighted by Crippen LogP contribution is -2.11. The first-order valence-electron chi connectivity index (χ1n) is 6.92. The van der Waals surface area contributed by atoms with Gasteiger partial charge in [-0.15, -0.1) is 6.58 Å². The molecule has 0 spiro atoms. The molecule has 0 amide bonds. The molecule has 0 unspecified atom stereocenters. The molecule has 0 saturated carbocycles. The highest BCUT2D eigenvalue weighted by Crippen LogP contribution is 2.18. The number of hydrogen-bond acceptors (Lipinski definition) is 4. The van der Waals surface area contributed by atoms with E-state index in [1.807, 2.05) is 6.92 Å². The molecule has 0 aliphatic heterocycles. The van der Waals surface area contributed by atoms with Crippen LogP contribution in [0, 0.1) is 6.07 Å². The van der Waals surface area contributed by atoms with Crippen LogP contribution in [0.3, 0.4) is 0 Å². The minimum Gasteiger partial charge on any atom is -0.460 e. The smallest absolute Gasteiger partial charge is 0.374 e. The minimum atomic E-state index is -0.615. The van der Waals surface area contributed by atoms with Crippen LogP contribution < -0.4 is 5.43 Å². The van der Waals surface area contributed by atoms with E-state index in [9.17, 15) is 9.59 Å². The third-order valence-corrected chi connectivity index (χ3v) is 3.05. The predicted molar refractivity (Wildman–Crippen MR) is 80.4 cm³/mol. The quantitative estimate of drug-likeness (QED) is 0.464. The van der Waals surface area contributed by atoms with Gasteiger partial charge in [-0.25, -0.2) is 4.79 Å². The van der Waals surface area contributed by atoms with Crippen molar-refractivity contribution in [3.63, 3.8) is 0 Å². The lowest BCUT2D eigenvalue weighted by atomic mass is 10.1. The van der Waals surface area contributed by atoms with Crippen molar-refractivity contribution in [2.75, 3.05) is 6.61 Å². The van der Waals surface area contributed by atoms with Crippen LogP contribution in [-0.4, -0.2) is 12.6 Å². The highest BCUT2D eigenvalue weighted by Gasteiger charge is 2.15. The second kappa shape index (κ2) is 6.88. The van der Waals surface area contributed by atoms with Gasteiger partial charge in [0.05, 0.1) is 12.0 Å². The van der Waals surface area contributed by atoms with Crippen molar-refractivity contribution in [3.8, 4) is 0 Å². The zero-order valence-corrected chi connectivity index (χ0v) is 12.0. The van der Waals surface area contributed by atoms with E-state index in [0.717, 1.165) is 12.8 Å². The van der Waals surface area contributed by atoms with Crippen LogP contribution in [0.5, 0.6) is 0 Å². The first-order chi connectivity index (χ1) is 10.2. The maximum Gasteiger partial charge on any atom is 0.374 e. The number of esters is 1. The molecule has 0 aliphatic carbocycles. The fourth-order valence-corrected chi connectivity index (χ4v) is 1.95. The average Bonchev–Trinajstić information content (AvgIpc) is 2.48. The number of allylic oxidation sites excluding steroid dienone is 1. The van der Waals surface area contributed by atoms with Gasteiger partial charge in [-0.3, -0.25) is 4.79 Å². The van der Waals surface area contributed by atoms with Gasteiger partial charge in [-0.05, 0) is 25.0 Å². The predicted octanol–water partition coefficient (Wildman–Crippen LogP) is 3.28. The van der Waals surface area contributed by atoms with Crippen molar-refractivity contribution in [1.29, 1.82) is 0 Å². The Balaban J connectivity index is 2.42. The van der Waals surface area contributed by atoms with E-state index >= 15 is 0 Å². The van der Waals surface area contributed by atoms with Crippen LogP contribution in [-0.2, 0) is 11.2 Å². The molecule has 0 bridgehead atoms. The van der Waals surface area contributed by atoms with E-state index < -0.39 is 5.97 Å². The fourth-order valence-electron chi connectivity index (χ4n) is 1.95. The average molecular weight is 285 g/mol. The Labute approximate surface area is 123 Å². The van der Waals surface area contributed by atoms with E-state index in [0.29, 0.717) is 29.6 Å². The number of carbonyl (C=O) groups is 1. The SMILES string of the molecule is C=CCc1[c]ccc2c(=O)cc(C(=O)OCCCC)oc12. The molecule has 0 saturated heterocycles. The highest BCUT2D eigenvalue weighted by atomic mass is 16.5. The first kappa shape index (κ1) is 15.0. The van der Waals surface area contributed by atoms with Gasteiger partial charge in [0.1, 0.15) is 5.58 Å². The van der Waals surface area contributed by atoms with Gasteiger partial charge in [0.15, 0.2) is 5.43 Å². The molecule has 0 aliphatic rings. The first-order valence-corrected chi connectivity index (χ1v) is 6.92. The summed E-state index contributed by atoms with van der Waals surface area (Å²) in [5, 5.41) is 0.427. The van der Waals surface area contributed by atoms with Crippen molar-refractivity contribution in [2.24, 2.45) is 0 Å². The molecular formula is C17H17O4. The second-order valence-electron chi connectivity index (χ2n) is 4.66. The van der Waals surface area contributed by atoms with E-state index in [4.69, 9.17) is 9.15 Å². The summed E-state index contributed by atoms with van der Waals surface area (Å²) in [6, 6.07) is 7.47. The molecule has 4 heteroatoms. The highest BCUT2D eigenvalue weighted by molar-refractivity contribution is 5.89. The number of rotatable bonds is 6. The fraction of sp³-hybridized carbons (Fsp3) is 0.294. The number of carbonyl (C=O) groups excluding carboxylic acids is 1. The standard InChI is InChI=1S/C17H17O4/c1-3-5-10-20-17(19)15-11-14(18)13-9-6-8-12(7-4-2)16(13)21-15/h4,6,9,11H,2-3,5,7,10H2,1H3. The summed E-state index contributed by atoms with van der Waals surface area (Å²) in [7, 11) is 0. The maximum atomic E-state index is 12.1. The molecule has 21 heavy (non-hydrogen) atoms. The largest absolute Gasteiger partial charge is 0.460 e.